The molecule has 1 saturated carbocycles. The second kappa shape index (κ2) is 9.86. The smallest absolute Gasteiger partial charge is 0.212 e. The van der Waals surface area contributed by atoms with Gasteiger partial charge < -0.3 is 4.74 Å². The lowest BCUT2D eigenvalue weighted by Gasteiger charge is -2.22. The van der Waals surface area contributed by atoms with Gasteiger partial charge in [0.15, 0.2) is 0 Å². The highest BCUT2D eigenvalue weighted by Gasteiger charge is 2.17. The Morgan fingerprint density at radius 1 is 1.16 bits per heavy atom. The molecule has 0 N–H and O–H groups in total. The lowest BCUT2D eigenvalue weighted by Crippen LogP contribution is -2.16. The average molecular weight is 363 g/mol. The third-order valence-corrected chi connectivity index (χ3v) is 4.92. The quantitative estimate of drug-likeness (QED) is 0.629. The molecule has 25 heavy (non-hydrogen) atoms. The first-order chi connectivity index (χ1) is 11.7. The molecule has 4 heteroatoms. The summed E-state index contributed by atoms with van der Waals surface area (Å²) in [5, 5.41) is 4.82. The van der Waals surface area contributed by atoms with Gasteiger partial charge in [-0.15, -0.1) is 12.4 Å². The van der Waals surface area contributed by atoms with E-state index in [2.05, 4.69) is 48.9 Å². The van der Waals surface area contributed by atoms with Crippen molar-refractivity contribution in [2.24, 2.45) is 5.92 Å². The fourth-order valence-electron chi connectivity index (χ4n) is 3.65. The van der Waals surface area contributed by atoms with Gasteiger partial charge in [0.25, 0.3) is 0 Å². The first-order valence-corrected chi connectivity index (χ1v) is 9.49. The summed E-state index contributed by atoms with van der Waals surface area (Å²) < 4.78 is 8.27. The van der Waals surface area contributed by atoms with Crippen molar-refractivity contribution in [3.05, 3.63) is 47.2 Å². The van der Waals surface area contributed by atoms with Crippen LogP contribution in [0.15, 0.2) is 30.3 Å². The van der Waals surface area contributed by atoms with Crippen LogP contribution in [0.4, 0.5) is 0 Å². The largest absolute Gasteiger partial charge is 0.473 e. The van der Waals surface area contributed by atoms with E-state index in [-0.39, 0.29) is 12.4 Å². The fourth-order valence-corrected chi connectivity index (χ4v) is 3.65. The summed E-state index contributed by atoms with van der Waals surface area (Å²) in [4.78, 5) is 0. The predicted molar refractivity (Wildman–Crippen MR) is 106 cm³/mol. The Balaban J connectivity index is 0.00000225. The van der Waals surface area contributed by atoms with Crippen LogP contribution in [0.2, 0.25) is 0 Å². The number of aromatic nitrogens is 2. The lowest BCUT2D eigenvalue weighted by molar-refractivity contribution is 0.245. The zero-order valence-electron chi connectivity index (χ0n) is 15.5. The van der Waals surface area contributed by atoms with E-state index in [0.29, 0.717) is 6.61 Å². The summed E-state index contributed by atoms with van der Waals surface area (Å²) >= 11 is 0. The van der Waals surface area contributed by atoms with Crippen LogP contribution in [0, 0.1) is 12.8 Å². The number of hydrogen-bond donors (Lipinski definition) is 0. The highest BCUT2D eigenvalue weighted by Crippen LogP contribution is 2.27. The second-order valence-electron chi connectivity index (χ2n) is 7.19. The van der Waals surface area contributed by atoms with Crippen LogP contribution >= 0.6 is 12.4 Å². The van der Waals surface area contributed by atoms with Crippen LogP contribution in [0.5, 0.6) is 5.88 Å². The SMILES string of the molecule is CCCc1cc(OCc2cccc(C)c2)n(CC2CCCCC2)n1.Cl. The van der Waals surface area contributed by atoms with Crippen LogP contribution in [0.3, 0.4) is 0 Å². The summed E-state index contributed by atoms with van der Waals surface area (Å²) in [6, 6.07) is 10.7. The van der Waals surface area contributed by atoms with Crippen molar-refractivity contribution in [1.29, 1.82) is 0 Å². The van der Waals surface area contributed by atoms with Crippen molar-refractivity contribution in [2.45, 2.75) is 71.9 Å². The number of aryl methyl sites for hydroxylation is 2. The molecule has 1 aliphatic carbocycles. The Hall–Kier alpha value is -1.48. The van der Waals surface area contributed by atoms with Gasteiger partial charge in [-0.05, 0) is 37.7 Å². The molecule has 1 heterocycles. The van der Waals surface area contributed by atoms with Crippen LogP contribution in [-0.2, 0) is 19.6 Å². The third kappa shape index (κ3) is 5.78. The maximum absolute atomic E-state index is 6.15. The molecule has 1 aromatic heterocycles. The zero-order valence-corrected chi connectivity index (χ0v) is 16.4. The molecular formula is C21H31ClN2O. The first kappa shape index (κ1) is 19.8. The Morgan fingerprint density at radius 2 is 1.96 bits per heavy atom. The van der Waals surface area contributed by atoms with Gasteiger partial charge in [-0.25, -0.2) is 4.68 Å². The molecule has 0 radical (unpaired) electrons. The Bertz CT molecular complexity index is 647. The van der Waals surface area contributed by atoms with Crippen LogP contribution in [0.1, 0.15) is 62.3 Å². The van der Waals surface area contributed by atoms with Crippen LogP contribution < -0.4 is 4.74 Å². The molecule has 138 valence electrons. The molecule has 0 amide bonds. The third-order valence-electron chi connectivity index (χ3n) is 4.92. The minimum Gasteiger partial charge on any atom is -0.473 e. The molecule has 0 atom stereocenters. The van der Waals surface area contributed by atoms with E-state index in [4.69, 9.17) is 9.84 Å². The van der Waals surface area contributed by atoms with Crippen molar-refractivity contribution < 1.29 is 4.74 Å². The molecule has 1 aromatic carbocycles. The topological polar surface area (TPSA) is 27.1 Å². The molecule has 2 aromatic rings. The van der Waals surface area contributed by atoms with E-state index in [0.717, 1.165) is 36.9 Å². The van der Waals surface area contributed by atoms with Crippen LogP contribution in [-0.4, -0.2) is 9.78 Å². The van der Waals surface area contributed by atoms with Crippen molar-refractivity contribution >= 4 is 12.4 Å². The van der Waals surface area contributed by atoms with Gasteiger partial charge in [0.1, 0.15) is 6.61 Å². The standard InChI is InChI=1S/C21H30N2O.ClH/c1-3-8-20-14-21(24-16-19-12-7-9-17(2)13-19)23(22-20)15-18-10-5-4-6-11-18;/h7,9,12-14,18H,3-6,8,10-11,15-16H2,1-2H3;1H. The molecule has 1 fully saturated rings. The summed E-state index contributed by atoms with van der Waals surface area (Å²) in [5.74, 6) is 1.69. The molecule has 1 aliphatic rings. The van der Waals surface area contributed by atoms with E-state index < -0.39 is 0 Å². The number of halogens is 1. The predicted octanol–water partition coefficient (Wildman–Crippen LogP) is 5.73. The van der Waals surface area contributed by atoms with Crippen molar-refractivity contribution in [1.82, 2.24) is 9.78 Å². The van der Waals surface area contributed by atoms with E-state index >= 15 is 0 Å². The van der Waals surface area contributed by atoms with Crippen molar-refractivity contribution in [3.8, 4) is 5.88 Å². The molecule has 0 bridgehead atoms. The summed E-state index contributed by atoms with van der Waals surface area (Å²) in [6.07, 6.45) is 8.95. The number of benzene rings is 1. The van der Waals surface area contributed by atoms with Gasteiger partial charge in [0.05, 0.1) is 5.69 Å². The number of nitrogens with zero attached hydrogens (tertiary/aromatic N) is 2. The molecule has 3 nitrogen and oxygen atoms in total. The minimum atomic E-state index is 0. The molecule has 0 spiro atoms. The summed E-state index contributed by atoms with van der Waals surface area (Å²) in [7, 11) is 0. The first-order valence-electron chi connectivity index (χ1n) is 9.49. The fraction of sp³-hybridized carbons (Fsp3) is 0.571. The van der Waals surface area contributed by atoms with Gasteiger partial charge in [-0.2, -0.15) is 5.10 Å². The Labute approximate surface area is 158 Å². The molecule has 3 rings (SSSR count). The molecular weight excluding hydrogens is 332 g/mol. The zero-order chi connectivity index (χ0) is 16.8. The number of hydrogen-bond acceptors (Lipinski definition) is 2. The van der Waals surface area contributed by atoms with Gasteiger partial charge in [-0.3, -0.25) is 0 Å². The molecule has 0 aliphatic heterocycles. The van der Waals surface area contributed by atoms with E-state index in [1.165, 1.54) is 43.2 Å². The summed E-state index contributed by atoms with van der Waals surface area (Å²) in [5.41, 5.74) is 3.66. The maximum Gasteiger partial charge on any atom is 0.212 e. The molecule has 0 unspecified atom stereocenters. The van der Waals surface area contributed by atoms with E-state index in [1.54, 1.807) is 0 Å². The van der Waals surface area contributed by atoms with Crippen molar-refractivity contribution in [2.75, 3.05) is 0 Å². The normalized spacial score (nSPS) is 15.0. The van der Waals surface area contributed by atoms with Gasteiger partial charge in [0, 0.05) is 12.6 Å². The van der Waals surface area contributed by atoms with Crippen molar-refractivity contribution in [3.63, 3.8) is 0 Å². The number of ether oxygens (including phenoxy) is 1. The summed E-state index contributed by atoms with van der Waals surface area (Å²) in [6.45, 7) is 5.94. The Morgan fingerprint density at radius 3 is 2.68 bits per heavy atom. The van der Waals surface area contributed by atoms with E-state index in [9.17, 15) is 0 Å². The highest BCUT2D eigenvalue weighted by atomic mass is 35.5. The van der Waals surface area contributed by atoms with Gasteiger partial charge in [0.2, 0.25) is 5.88 Å². The Kier molecular flexibility index (Phi) is 7.83. The second-order valence-corrected chi connectivity index (χ2v) is 7.19. The average Bonchev–Trinajstić information content (AvgIpc) is 2.96. The van der Waals surface area contributed by atoms with E-state index in [1.807, 2.05) is 0 Å². The monoisotopic (exact) mass is 362 g/mol. The van der Waals surface area contributed by atoms with Crippen LogP contribution in [0.25, 0.3) is 0 Å². The van der Waals surface area contributed by atoms with Gasteiger partial charge >= 0.3 is 0 Å². The number of rotatable bonds is 7. The van der Waals surface area contributed by atoms with Gasteiger partial charge in [-0.1, -0.05) is 62.4 Å². The lowest BCUT2D eigenvalue weighted by atomic mass is 9.89. The molecule has 0 saturated heterocycles. The maximum atomic E-state index is 6.15. The highest BCUT2D eigenvalue weighted by molar-refractivity contribution is 5.85. The minimum absolute atomic E-state index is 0.